The van der Waals surface area contributed by atoms with Crippen LogP contribution < -0.4 is 10.6 Å². The third kappa shape index (κ3) is 3.13. The molecule has 0 aliphatic rings. The molecule has 0 fully saturated rings. The molecule has 0 atom stereocenters. The summed E-state index contributed by atoms with van der Waals surface area (Å²) in [5.74, 6) is 0.516. The summed E-state index contributed by atoms with van der Waals surface area (Å²) in [5.41, 5.74) is 6.53. The Hall–Kier alpha value is -1.76. The minimum absolute atomic E-state index is 0.351. The molecular formula is C11H16N4. The summed E-state index contributed by atoms with van der Waals surface area (Å²) in [7, 11) is 0. The molecule has 0 aromatic carbocycles. The molecular weight excluding hydrogens is 188 g/mol. The van der Waals surface area contributed by atoms with Crippen molar-refractivity contribution in [3.05, 3.63) is 18.3 Å². The summed E-state index contributed by atoms with van der Waals surface area (Å²) < 4.78 is 0. The van der Waals surface area contributed by atoms with Crippen molar-refractivity contribution >= 4 is 11.5 Å². The van der Waals surface area contributed by atoms with Crippen LogP contribution in [-0.2, 0) is 0 Å². The molecule has 4 heteroatoms. The van der Waals surface area contributed by atoms with Gasteiger partial charge in [-0.3, -0.25) is 0 Å². The second-order valence-corrected chi connectivity index (χ2v) is 3.64. The van der Waals surface area contributed by atoms with E-state index in [1.54, 1.807) is 12.3 Å². The van der Waals surface area contributed by atoms with E-state index in [4.69, 9.17) is 11.0 Å². The van der Waals surface area contributed by atoms with Crippen LogP contribution in [0.3, 0.4) is 0 Å². The van der Waals surface area contributed by atoms with Gasteiger partial charge in [0.25, 0.3) is 0 Å². The molecule has 1 aromatic heterocycles. The number of aromatic nitrogens is 1. The van der Waals surface area contributed by atoms with Gasteiger partial charge in [-0.25, -0.2) is 4.98 Å². The molecule has 80 valence electrons. The molecule has 1 rings (SSSR count). The average molecular weight is 204 g/mol. The number of hydrogen-bond donors (Lipinski definition) is 1. The van der Waals surface area contributed by atoms with Gasteiger partial charge in [0.2, 0.25) is 0 Å². The first-order chi connectivity index (χ1) is 7.15. The van der Waals surface area contributed by atoms with Crippen LogP contribution in [0.2, 0.25) is 0 Å². The topological polar surface area (TPSA) is 65.9 Å². The number of anilines is 2. The largest absolute Gasteiger partial charge is 0.384 e. The van der Waals surface area contributed by atoms with E-state index in [-0.39, 0.29) is 0 Å². The Labute approximate surface area is 90.3 Å². The Morgan fingerprint density at radius 2 is 2.27 bits per heavy atom. The number of nitriles is 1. The fourth-order valence-corrected chi connectivity index (χ4v) is 1.42. The summed E-state index contributed by atoms with van der Waals surface area (Å²) in [6.45, 7) is 4.90. The lowest BCUT2D eigenvalue weighted by atomic mass is 10.2. The van der Waals surface area contributed by atoms with Gasteiger partial charge in [0, 0.05) is 12.6 Å². The fraction of sp³-hybridized carbons (Fsp3) is 0.455. The molecule has 0 bridgehead atoms. The Kier molecular flexibility index (Phi) is 3.92. The van der Waals surface area contributed by atoms with E-state index in [0.29, 0.717) is 18.3 Å². The third-order valence-corrected chi connectivity index (χ3v) is 2.19. The van der Waals surface area contributed by atoms with Crippen molar-refractivity contribution in [1.82, 2.24) is 4.98 Å². The van der Waals surface area contributed by atoms with Gasteiger partial charge >= 0.3 is 0 Å². The van der Waals surface area contributed by atoms with E-state index in [0.717, 1.165) is 12.2 Å². The van der Waals surface area contributed by atoms with Gasteiger partial charge in [-0.1, -0.05) is 0 Å². The summed E-state index contributed by atoms with van der Waals surface area (Å²) in [5, 5.41) is 8.58. The number of nitrogen functional groups attached to an aromatic ring is 1. The van der Waals surface area contributed by atoms with Gasteiger partial charge in [-0.05, 0) is 26.0 Å². The zero-order valence-corrected chi connectivity index (χ0v) is 9.14. The van der Waals surface area contributed by atoms with Gasteiger partial charge in [0.15, 0.2) is 0 Å². The van der Waals surface area contributed by atoms with Gasteiger partial charge in [0.05, 0.1) is 24.4 Å². The lowest BCUT2D eigenvalue weighted by molar-refractivity contribution is 0.685. The maximum absolute atomic E-state index is 8.58. The lowest BCUT2D eigenvalue weighted by Gasteiger charge is -2.27. The summed E-state index contributed by atoms with van der Waals surface area (Å²) >= 11 is 0. The van der Waals surface area contributed by atoms with E-state index in [9.17, 15) is 0 Å². The van der Waals surface area contributed by atoms with Crippen LogP contribution in [0.4, 0.5) is 11.5 Å². The summed E-state index contributed by atoms with van der Waals surface area (Å²) in [4.78, 5) is 6.18. The molecule has 0 aliphatic heterocycles. The van der Waals surface area contributed by atoms with Crippen LogP contribution in [0, 0.1) is 11.3 Å². The molecule has 0 unspecified atom stereocenters. The van der Waals surface area contributed by atoms with Gasteiger partial charge in [-0.15, -0.1) is 0 Å². The van der Waals surface area contributed by atoms with Crippen LogP contribution in [0.5, 0.6) is 0 Å². The SMILES string of the molecule is CC(C)N(CCC#N)c1ccc(N)nc1. The molecule has 4 nitrogen and oxygen atoms in total. The van der Waals surface area contributed by atoms with Crippen molar-refractivity contribution in [3.8, 4) is 6.07 Å². The minimum Gasteiger partial charge on any atom is -0.384 e. The van der Waals surface area contributed by atoms with Crippen LogP contribution in [-0.4, -0.2) is 17.6 Å². The normalized spacial score (nSPS) is 10.0. The predicted molar refractivity (Wildman–Crippen MR) is 61.4 cm³/mol. The number of nitrogens with two attached hydrogens (primary N) is 1. The number of pyridine rings is 1. The maximum atomic E-state index is 8.58. The van der Waals surface area contributed by atoms with Crippen molar-refractivity contribution in [2.45, 2.75) is 26.3 Å². The van der Waals surface area contributed by atoms with Gasteiger partial charge in [-0.2, -0.15) is 5.26 Å². The maximum Gasteiger partial charge on any atom is 0.123 e. The lowest BCUT2D eigenvalue weighted by Crippen LogP contribution is -2.31. The van der Waals surface area contributed by atoms with Crippen molar-refractivity contribution in [1.29, 1.82) is 5.26 Å². The van der Waals surface area contributed by atoms with Crippen molar-refractivity contribution in [3.63, 3.8) is 0 Å². The van der Waals surface area contributed by atoms with E-state index in [1.165, 1.54) is 0 Å². The highest BCUT2D eigenvalue weighted by Gasteiger charge is 2.09. The van der Waals surface area contributed by atoms with Crippen molar-refractivity contribution in [2.24, 2.45) is 0 Å². The van der Waals surface area contributed by atoms with Crippen LogP contribution in [0.1, 0.15) is 20.3 Å². The number of nitrogens with zero attached hydrogens (tertiary/aromatic N) is 3. The van der Waals surface area contributed by atoms with E-state index < -0.39 is 0 Å². The van der Waals surface area contributed by atoms with Crippen LogP contribution in [0.15, 0.2) is 18.3 Å². The molecule has 0 saturated heterocycles. The molecule has 15 heavy (non-hydrogen) atoms. The first kappa shape index (κ1) is 11.3. The third-order valence-electron chi connectivity index (χ3n) is 2.19. The first-order valence-corrected chi connectivity index (χ1v) is 5.00. The van der Waals surface area contributed by atoms with E-state index in [1.807, 2.05) is 6.07 Å². The van der Waals surface area contributed by atoms with E-state index >= 15 is 0 Å². The Morgan fingerprint density at radius 1 is 1.53 bits per heavy atom. The smallest absolute Gasteiger partial charge is 0.123 e. The molecule has 0 aliphatic carbocycles. The molecule has 1 heterocycles. The quantitative estimate of drug-likeness (QED) is 0.812. The summed E-state index contributed by atoms with van der Waals surface area (Å²) in [6, 6.07) is 6.20. The van der Waals surface area contributed by atoms with Crippen LogP contribution >= 0.6 is 0 Å². The first-order valence-electron chi connectivity index (χ1n) is 5.00. The highest BCUT2D eigenvalue weighted by molar-refractivity contribution is 5.48. The second kappa shape index (κ2) is 5.20. The Bertz CT molecular complexity index is 337. The standard InChI is InChI=1S/C11H16N4/c1-9(2)15(7-3-6-12)10-4-5-11(13)14-8-10/h4-5,8-9H,3,7H2,1-2H3,(H2,13,14). The highest BCUT2D eigenvalue weighted by Crippen LogP contribution is 2.16. The molecule has 0 amide bonds. The fourth-order valence-electron chi connectivity index (χ4n) is 1.42. The zero-order chi connectivity index (χ0) is 11.3. The van der Waals surface area contributed by atoms with Gasteiger partial charge in [0.1, 0.15) is 5.82 Å². The molecule has 2 N–H and O–H groups in total. The molecule has 1 aromatic rings. The number of rotatable bonds is 4. The van der Waals surface area contributed by atoms with Crippen molar-refractivity contribution < 1.29 is 0 Å². The minimum atomic E-state index is 0.351. The molecule has 0 saturated carbocycles. The Morgan fingerprint density at radius 3 is 2.73 bits per heavy atom. The molecule has 0 spiro atoms. The average Bonchev–Trinajstić information content (AvgIpc) is 2.21. The Balaban J connectivity index is 2.80. The predicted octanol–water partition coefficient (Wildman–Crippen LogP) is 1.79. The van der Waals surface area contributed by atoms with E-state index in [2.05, 4.69) is 29.8 Å². The monoisotopic (exact) mass is 204 g/mol. The number of hydrogen-bond acceptors (Lipinski definition) is 4. The summed E-state index contributed by atoms with van der Waals surface area (Å²) in [6.07, 6.45) is 2.26. The van der Waals surface area contributed by atoms with Gasteiger partial charge < -0.3 is 10.6 Å². The van der Waals surface area contributed by atoms with Crippen LogP contribution in [0.25, 0.3) is 0 Å². The highest BCUT2D eigenvalue weighted by atomic mass is 15.2. The van der Waals surface area contributed by atoms with Crippen molar-refractivity contribution in [2.75, 3.05) is 17.2 Å². The second-order valence-electron chi connectivity index (χ2n) is 3.64. The zero-order valence-electron chi connectivity index (χ0n) is 9.14. The molecule has 0 radical (unpaired) electrons.